The highest BCUT2D eigenvalue weighted by Crippen LogP contribution is 2.31. The third kappa shape index (κ3) is 3.53. The second kappa shape index (κ2) is 7.38. The summed E-state index contributed by atoms with van der Waals surface area (Å²) >= 11 is 0. The molecule has 0 fully saturated rings. The molecule has 0 saturated carbocycles. The van der Waals surface area contributed by atoms with Gasteiger partial charge in [-0.1, -0.05) is 23.4 Å². The van der Waals surface area contributed by atoms with Crippen LogP contribution in [0, 0.1) is 0 Å². The van der Waals surface area contributed by atoms with Crippen molar-refractivity contribution in [3.05, 3.63) is 47.9 Å². The molecule has 0 spiro atoms. The number of anilines is 1. The van der Waals surface area contributed by atoms with Gasteiger partial charge in [0.2, 0.25) is 0 Å². The minimum Gasteiger partial charge on any atom is -0.367 e. The topological polar surface area (TPSA) is 56.9 Å². The van der Waals surface area contributed by atoms with Crippen molar-refractivity contribution >= 4 is 11.6 Å². The average Bonchev–Trinajstić information content (AvgIpc) is 3.19. The standard InChI is InChI=1S/C18H25N5O/c1-14-12-15-6-4-5-7-17(15)23(14)10-9-20-18(19-2)22(3)13-16-8-11-24-21-16/h4-8,11,14H,9-10,12-13H2,1-3H3,(H,19,20). The van der Waals surface area contributed by atoms with Crippen molar-refractivity contribution in [2.45, 2.75) is 25.9 Å². The molecule has 1 atom stereocenters. The van der Waals surface area contributed by atoms with Gasteiger partial charge in [-0.2, -0.15) is 0 Å². The van der Waals surface area contributed by atoms with Crippen molar-refractivity contribution in [3.8, 4) is 0 Å². The summed E-state index contributed by atoms with van der Waals surface area (Å²) in [6, 6.07) is 11.1. The predicted molar refractivity (Wildman–Crippen MR) is 96.3 cm³/mol. The van der Waals surface area contributed by atoms with Gasteiger partial charge in [0.05, 0.1) is 6.54 Å². The molecule has 1 aliphatic rings. The van der Waals surface area contributed by atoms with Crippen molar-refractivity contribution in [1.82, 2.24) is 15.4 Å². The van der Waals surface area contributed by atoms with E-state index in [1.54, 1.807) is 13.3 Å². The van der Waals surface area contributed by atoms with Crippen LogP contribution in [0.4, 0.5) is 5.69 Å². The Kier molecular flexibility index (Phi) is 5.03. The van der Waals surface area contributed by atoms with E-state index in [1.165, 1.54) is 11.3 Å². The molecule has 0 radical (unpaired) electrons. The van der Waals surface area contributed by atoms with Crippen molar-refractivity contribution in [2.75, 3.05) is 32.1 Å². The number of nitrogens with one attached hydrogen (secondary N) is 1. The number of aliphatic imine (C=N–C) groups is 1. The Morgan fingerprint density at radius 2 is 2.25 bits per heavy atom. The van der Waals surface area contributed by atoms with Gasteiger partial charge in [-0.15, -0.1) is 0 Å². The molecule has 1 unspecified atom stereocenters. The molecule has 3 rings (SSSR count). The normalized spacial score (nSPS) is 17.0. The maximum atomic E-state index is 4.88. The molecule has 24 heavy (non-hydrogen) atoms. The van der Waals surface area contributed by atoms with Crippen LogP contribution < -0.4 is 10.2 Å². The Bertz CT molecular complexity index is 682. The van der Waals surface area contributed by atoms with E-state index in [0.29, 0.717) is 12.6 Å². The number of para-hydroxylation sites is 1. The minimum atomic E-state index is 0.541. The van der Waals surface area contributed by atoms with Crippen molar-refractivity contribution in [1.29, 1.82) is 0 Å². The van der Waals surface area contributed by atoms with Gasteiger partial charge in [0.1, 0.15) is 12.0 Å². The van der Waals surface area contributed by atoms with Gasteiger partial charge in [-0.3, -0.25) is 4.99 Å². The van der Waals surface area contributed by atoms with Gasteiger partial charge >= 0.3 is 0 Å². The molecule has 0 aliphatic carbocycles. The summed E-state index contributed by atoms with van der Waals surface area (Å²) in [6.45, 7) is 4.74. The number of fused-ring (bicyclic) bond motifs is 1. The van der Waals surface area contributed by atoms with Crippen molar-refractivity contribution in [3.63, 3.8) is 0 Å². The first-order valence-corrected chi connectivity index (χ1v) is 8.34. The fourth-order valence-corrected chi connectivity index (χ4v) is 3.28. The minimum absolute atomic E-state index is 0.541. The molecule has 6 nitrogen and oxygen atoms in total. The lowest BCUT2D eigenvalue weighted by atomic mass is 10.1. The van der Waals surface area contributed by atoms with Crippen LogP contribution in [0.25, 0.3) is 0 Å². The summed E-state index contributed by atoms with van der Waals surface area (Å²) in [4.78, 5) is 8.86. The zero-order chi connectivity index (χ0) is 16.9. The molecular weight excluding hydrogens is 302 g/mol. The summed E-state index contributed by atoms with van der Waals surface area (Å²) < 4.78 is 4.88. The van der Waals surface area contributed by atoms with Crippen LogP contribution in [-0.2, 0) is 13.0 Å². The van der Waals surface area contributed by atoms with Gasteiger partial charge in [-0.25, -0.2) is 0 Å². The predicted octanol–water partition coefficient (Wildman–Crippen LogP) is 2.13. The highest BCUT2D eigenvalue weighted by Gasteiger charge is 2.24. The molecule has 1 aliphatic heterocycles. The number of aromatic nitrogens is 1. The highest BCUT2D eigenvalue weighted by molar-refractivity contribution is 5.79. The molecule has 128 valence electrons. The molecule has 0 amide bonds. The van der Waals surface area contributed by atoms with E-state index in [0.717, 1.165) is 31.2 Å². The maximum Gasteiger partial charge on any atom is 0.193 e. The number of hydrogen-bond donors (Lipinski definition) is 1. The van der Waals surface area contributed by atoms with Gasteiger partial charge in [-0.05, 0) is 25.0 Å². The molecule has 2 aromatic rings. The Morgan fingerprint density at radius 1 is 1.42 bits per heavy atom. The van der Waals surface area contributed by atoms with Crippen molar-refractivity contribution < 1.29 is 4.52 Å². The van der Waals surface area contributed by atoms with E-state index in [1.807, 2.05) is 18.0 Å². The summed E-state index contributed by atoms with van der Waals surface area (Å²) in [5.74, 6) is 0.859. The second-order valence-electron chi connectivity index (χ2n) is 6.20. The zero-order valence-corrected chi connectivity index (χ0v) is 14.6. The largest absolute Gasteiger partial charge is 0.367 e. The Morgan fingerprint density at radius 3 is 3.00 bits per heavy atom. The van der Waals surface area contributed by atoms with Crippen LogP contribution in [-0.4, -0.2) is 49.2 Å². The monoisotopic (exact) mass is 327 g/mol. The SMILES string of the molecule is CN=C(NCCN1c2ccccc2CC1C)N(C)Cc1ccon1. The van der Waals surface area contributed by atoms with E-state index >= 15 is 0 Å². The smallest absolute Gasteiger partial charge is 0.193 e. The van der Waals surface area contributed by atoms with Gasteiger partial charge < -0.3 is 19.6 Å². The van der Waals surface area contributed by atoms with E-state index in [2.05, 4.69) is 51.6 Å². The van der Waals surface area contributed by atoms with Gasteiger partial charge in [0.15, 0.2) is 5.96 Å². The van der Waals surface area contributed by atoms with Crippen LogP contribution >= 0.6 is 0 Å². The third-order valence-corrected chi connectivity index (χ3v) is 4.45. The highest BCUT2D eigenvalue weighted by atomic mass is 16.5. The Hall–Kier alpha value is -2.50. The van der Waals surface area contributed by atoms with E-state index in [-0.39, 0.29) is 0 Å². The van der Waals surface area contributed by atoms with Crippen LogP contribution in [0.15, 0.2) is 46.1 Å². The molecule has 6 heteroatoms. The molecule has 0 bridgehead atoms. The number of rotatable bonds is 5. The molecule has 0 saturated heterocycles. The molecule has 1 aromatic heterocycles. The van der Waals surface area contributed by atoms with Crippen LogP contribution in [0.2, 0.25) is 0 Å². The fourth-order valence-electron chi connectivity index (χ4n) is 3.28. The van der Waals surface area contributed by atoms with Crippen LogP contribution in [0.3, 0.4) is 0 Å². The number of benzene rings is 1. The first-order valence-electron chi connectivity index (χ1n) is 8.34. The molecular formula is C18H25N5O. The third-order valence-electron chi connectivity index (χ3n) is 4.45. The lowest BCUT2D eigenvalue weighted by Gasteiger charge is -2.27. The van der Waals surface area contributed by atoms with Crippen molar-refractivity contribution in [2.24, 2.45) is 4.99 Å². The lowest BCUT2D eigenvalue weighted by molar-refractivity contribution is 0.391. The van der Waals surface area contributed by atoms with Crippen LogP contribution in [0.1, 0.15) is 18.2 Å². The number of hydrogen-bond acceptors (Lipinski definition) is 4. The summed E-state index contributed by atoms with van der Waals surface area (Å²) in [5.41, 5.74) is 3.69. The quantitative estimate of drug-likeness (QED) is 0.673. The Balaban J connectivity index is 1.53. The van der Waals surface area contributed by atoms with Gasteiger partial charge in [0.25, 0.3) is 0 Å². The van der Waals surface area contributed by atoms with E-state index in [9.17, 15) is 0 Å². The average molecular weight is 327 g/mol. The number of guanidine groups is 1. The summed E-state index contributed by atoms with van der Waals surface area (Å²) in [5, 5.41) is 7.38. The molecule has 1 N–H and O–H groups in total. The first kappa shape index (κ1) is 16.4. The van der Waals surface area contributed by atoms with E-state index in [4.69, 9.17) is 4.52 Å². The maximum absolute atomic E-state index is 4.88. The molecule has 2 heterocycles. The van der Waals surface area contributed by atoms with Crippen LogP contribution in [0.5, 0.6) is 0 Å². The van der Waals surface area contributed by atoms with E-state index < -0.39 is 0 Å². The lowest BCUT2D eigenvalue weighted by Crippen LogP contribution is -2.43. The fraction of sp³-hybridized carbons (Fsp3) is 0.444. The Labute approximate surface area is 143 Å². The van der Waals surface area contributed by atoms with Gasteiger partial charge in [0, 0.05) is 45.0 Å². The first-order chi connectivity index (χ1) is 11.7. The second-order valence-corrected chi connectivity index (χ2v) is 6.20. The number of nitrogens with zero attached hydrogens (tertiary/aromatic N) is 4. The summed E-state index contributed by atoms with van der Waals surface area (Å²) in [6.07, 6.45) is 2.71. The zero-order valence-electron chi connectivity index (χ0n) is 14.6. The molecule has 1 aromatic carbocycles. The summed E-state index contributed by atoms with van der Waals surface area (Å²) in [7, 11) is 3.80.